The van der Waals surface area contributed by atoms with E-state index >= 15 is 0 Å². The monoisotopic (exact) mass is 267 g/mol. The number of hydrogen-bond donors (Lipinski definition) is 0. The summed E-state index contributed by atoms with van der Waals surface area (Å²) in [4.78, 5) is 25.4. The number of ether oxygens (including phenoxy) is 2. The third-order valence-corrected chi connectivity index (χ3v) is 3.20. The Morgan fingerprint density at radius 3 is 2.32 bits per heavy atom. The van der Waals surface area contributed by atoms with Gasteiger partial charge in [-0.3, -0.25) is 9.59 Å². The van der Waals surface area contributed by atoms with Gasteiger partial charge in [0, 0.05) is 12.7 Å². The number of rotatable bonds is 3. The third-order valence-electron chi connectivity index (χ3n) is 3.20. The molecule has 0 N–H and O–H groups in total. The second-order valence-electron chi connectivity index (χ2n) is 4.41. The Morgan fingerprint density at radius 1 is 1.32 bits per heavy atom. The normalized spacial score (nSPS) is 16.4. The zero-order valence-electron chi connectivity index (χ0n) is 10.7. The lowest BCUT2D eigenvalue weighted by atomic mass is 9.84. The molecule has 19 heavy (non-hydrogen) atoms. The predicted molar refractivity (Wildman–Crippen MR) is 65.1 cm³/mol. The Kier molecular flexibility index (Phi) is 3.53. The largest absolute Gasteiger partial charge is 0.468 e. The molecule has 0 radical (unpaired) electrons. The molecule has 1 aromatic carbocycles. The van der Waals surface area contributed by atoms with Gasteiger partial charge in [-0.25, -0.2) is 4.39 Å². The molecule has 0 unspecified atom stereocenters. The average Bonchev–Trinajstić information content (AvgIpc) is 2.37. The zero-order valence-corrected chi connectivity index (χ0v) is 10.7. The van der Waals surface area contributed by atoms with Crippen LogP contribution in [-0.2, 0) is 19.1 Å². The van der Waals surface area contributed by atoms with Gasteiger partial charge in [-0.15, -0.1) is 0 Å². The first-order valence-electron chi connectivity index (χ1n) is 5.71. The average molecular weight is 267 g/mol. The van der Waals surface area contributed by atoms with Crippen LogP contribution in [0.5, 0.6) is 0 Å². The fourth-order valence-electron chi connectivity index (χ4n) is 1.93. The zero-order chi connectivity index (χ0) is 14.0. The van der Waals surface area contributed by atoms with Crippen LogP contribution in [0.15, 0.2) is 24.3 Å². The molecule has 2 rings (SSSR count). The van der Waals surface area contributed by atoms with Gasteiger partial charge in [0.15, 0.2) is 5.41 Å². The molecule has 102 valence electrons. The molecule has 0 spiro atoms. The SMILES string of the molecule is COC(=O)C1(C(=O)N(C)c2ccc(F)cc2)COC1. The van der Waals surface area contributed by atoms with Gasteiger partial charge >= 0.3 is 5.97 Å². The summed E-state index contributed by atoms with van der Waals surface area (Å²) < 4.78 is 22.5. The molecular weight excluding hydrogens is 253 g/mol. The molecule has 0 aliphatic carbocycles. The highest BCUT2D eigenvalue weighted by Crippen LogP contribution is 2.32. The van der Waals surface area contributed by atoms with Gasteiger partial charge in [0.1, 0.15) is 5.82 Å². The summed E-state index contributed by atoms with van der Waals surface area (Å²) in [5.74, 6) is -1.42. The standard InChI is InChI=1S/C13H14FNO4/c1-15(10-5-3-9(14)4-6-10)11(16)13(7-19-8-13)12(17)18-2/h3-6H,7-8H2,1-2H3. The number of benzene rings is 1. The molecule has 0 bridgehead atoms. The van der Waals surface area contributed by atoms with Gasteiger partial charge in [-0.2, -0.15) is 0 Å². The predicted octanol–water partition coefficient (Wildman–Crippen LogP) is 0.978. The molecule has 1 aromatic rings. The number of esters is 1. The fraction of sp³-hybridized carbons (Fsp3) is 0.385. The highest BCUT2D eigenvalue weighted by atomic mass is 19.1. The van der Waals surface area contributed by atoms with Crippen LogP contribution >= 0.6 is 0 Å². The first-order valence-corrected chi connectivity index (χ1v) is 5.71. The minimum atomic E-state index is -1.28. The number of carbonyl (C=O) groups excluding carboxylic acids is 2. The third kappa shape index (κ3) is 2.19. The maximum absolute atomic E-state index is 12.8. The van der Waals surface area contributed by atoms with Crippen LogP contribution in [0.3, 0.4) is 0 Å². The van der Waals surface area contributed by atoms with Gasteiger partial charge in [-0.1, -0.05) is 0 Å². The molecule has 1 saturated heterocycles. The summed E-state index contributed by atoms with van der Waals surface area (Å²) in [5, 5.41) is 0. The van der Waals surface area contributed by atoms with Crippen molar-refractivity contribution in [3.05, 3.63) is 30.1 Å². The van der Waals surface area contributed by atoms with Crippen molar-refractivity contribution in [1.29, 1.82) is 0 Å². The Labute approximate surface area is 109 Å². The topological polar surface area (TPSA) is 55.8 Å². The van der Waals surface area contributed by atoms with E-state index in [0.29, 0.717) is 5.69 Å². The molecule has 0 atom stereocenters. The van der Waals surface area contributed by atoms with E-state index in [1.54, 1.807) is 0 Å². The van der Waals surface area contributed by atoms with Crippen molar-refractivity contribution in [3.8, 4) is 0 Å². The van der Waals surface area contributed by atoms with Crippen molar-refractivity contribution in [3.63, 3.8) is 0 Å². The minimum Gasteiger partial charge on any atom is -0.468 e. The van der Waals surface area contributed by atoms with Gasteiger partial charge < -0.3 is 14.4 Å². The Balaban J connectivity index is 2.23. The lowest BCUT2D eigenvalue weighted by Gasteiger charge is -2.39. The number of nitrogens with zero attached hydrogens (tertiary/aromatic N) is 1. The van der Waals surface area contributed by atoms with Gasteiger partial charge in [0.05, 0.1) is 20.3 Å². The van der Waals surface area contributed by atoms with E-state index in [-0.39, 0.29) is 19.0 Å². The first-order chi connectivity index (χ1) is 9.01. The molecule has 0 aromatic heterocycles. The maximum atomic E-state index is 12.8. The van der Waals surface area contributed by atoms with Crippen LogP contribution in [0.25, 0.3) is 0 Å². The summed E-state index contributed by atoms with van der Waals surface area (Å²) in [5.41, 5.74) is -0.778. The van der Waals surface area contributed by atoms with Crippen molar-refractivity contribution in [2.45, 2.75) is 0 Å². The van der Waals surface area contributed by atoms with Gasteiger partial charge in [0.2, 0.25) is 5.91 Å². The van der Waals surface area contributed by atoms with Crippen LogP contribution in [0.2, 0.25) is 0 Å². The van der Waals surface area contributed by atoms with Crippen molar-refractivity contribution in [1.82, 2.24) is 0 Å². The number of methoxy groups -OCH3 is 1. The molecule has 1 heterocycles. The second kappa shape index (κ2) is 4.97. The van der Waals surface area contributed by atoms with Crippen molar-refractivity contribution in [2.75, 3.05) is 32.3 Å². The fourth-order valence-corrected chi connectivity index (χ4v) is 1.93. The summed E-state index contributed by atoms with van der Waals surface area (Å²) in [6.45, 7) is 0.00802. The number of carbonyl (C=O) groups is 2. The summed E-state index contributed by atoms with van der Waals surface area (Å²) in [6.07, 6.45) is 0. The quantitative estimate of drug-likeness (QED) is 0.605. The maximum Gasteiger partial charge on any atom is 0.326 e. The highest BCUT2D eigenvalue weighted by molar-refractivity contribution is 6.10. The number of amides is 1. The first kappa shape index (κ1) is 13.5. The molecule has 0 saturated carbocycles. The van der Waals surface area contributed by atoms with E-state index < -0.39 is 17.3 Å². The summed E-state index contributed by atoms with van der Waals surface area (Å²) in [7, 11) is 2.76. The number of halogens is 1. The summed E-state index contributed by atoms with van der Waals surface area (Å²) in [6, 6.07) is 5.44. The summed E-state index contributed by atoms with van der Waals surface area (Å²) >= 11 is 0. The Morgan fingerprint density at radius 2 is 1.89 bits per heavy atom. The lowest BCUT2D eigenvalue weighted by molar-refractivity contribution is -0.186. The molecule has 1 amide bonds. The molecule has 1 aliphatic heterocycles. The van der Waals surface area contributed by atoms with E-state index in [9.17, 15) is 14.0 Å². The smallest absolute Gasteiger partial charge is 0.326 e. The van der Waals surface area contributed by atoms with Crippen LogP contribution in [0.1, 0.15) is 0 Å². The van der Waals surface area contributed by atoms with Gasteiger partial charge in [-0.05, 0) is 24.3 Å². The minimum absolute atomic E-state index is 0.00401. The number of hydrogen-bond acceptors (Lipinski definition) is 4. The van der Waals surface area contributed by atoms with Crippen LogP contribution in [-0.4, -0.2) is 39.2 Å². The Hall–Kier alpha value is -1.95. The second-order valence-corrected chi connectivity index (χ2v) is 4.41. The lowest BCUT2D eigenvalue weighted by Crippen LogP contribution is -2.59. The van der Waals surface area contributed by atoms with Crippen molar-refractivity contribution >= 4 is 17.6 Å². The van der Waals surface area contributed by atoms with Crippen LogP contribution < -0.4 is 4.90 Å². The van der Waals surface area contributed by atoms with Crippen molar-refractivity contribution in [2.24, 2.45) is 5.41 Å². The van der Waals surface area contributed by atoms with E-state index in [1.165, 1.54) is 43.3 Å². The highest BCUT2D eigenvalue weighted by Gasteiger charge is 2.55. The molecule has 1 aliphatic rings. The van der Waals surface area contributed by atoms with Crippen LogP contribution in [0.4, 0.5) is 10.1 Å². The Bertz CT molecular complexity index is 496. The van der Waals surface area contributed by atoms with E-state index in [4.69, 9.17) is 4.74 Å². The van der Waals surface area contributed by atoms with E-state index in [2.05, 4.69) is 4.74 Å². The molecule has 6 heteroatoms. The molecule has 5 nitrogen and oxygen atoms in total. The number of anilines is 1. The molecular formula is C13H14FNO4. The van der Waals surface area contributed by atoms with E-state index in [1.807, 2.05) is 0 Å². The van der Waals surface area contributed by atoms with Crippen molar-refractivity contribution < 1.29 is 23.5 Å². The van der Waals surface area contributed by atoms with Crippen LogP contribution in [0, 0.1) is 11.2 Å². The molecule has 1 fully saturated rings. The van der Waals surface area contributed by atoms with Gasteiger partial charge in [0.25, 0.3) is 0 Å². The van der Waals surface area contributed by atoms with E-state index in [0.717, 1.165) is 0 Å².